The van der Waals surface area contributed by atoms with E-state index < -0.39 is 10.9 Å². The van der Waals surface area contributed by atoms with Crippen molar-refractivity contribution in [1.29, 1.82) is 0 Å². The van der Waals surface area contributed by atoms with Crippen molar-refractivity contribution in [3.63, 3.8) is 0 Å². The highest BCUT2D eigenvalue weighted by Gasteiger charge is 2.34. The average Bonchev–Trinajstić information content (AvgIpc) is 3.01. The van der Waals surface area contributed by atoms with Gasteiger partial charge in [-0.1, -0.05) is 30.3 Å². The predicted molar refractivity (Wildman–Crippen MR) is 79.7 cm³/mol. The number of hydrogen-bond acceptors (Lipinski definition) is 5. The van der Waals surface area contributed by atoms with E-state index in [1.54, 1.807) is 24.3 Å². The van der Waals surface area contributed by atoms with Crippen molar-refractivity contribution in [1.82, 2.24) is 4.98 Å². The number of esters is 1. The quantitative estimate of drug-likeness (QED) is 0.494. The molecule has 0 fully saturated rings. The zero-order chi connectivity index (χ0) is 15.7. The first kappa shape index (κ1) is 14.2. The monoisotopic (exact) mass is 298 g/mol. The number of aryl methyl sites for hydroxylation is 1. The lowest BCUT2D eigenvalue weighted by Gasteiger charge is -2.11. The maximum absolute atomic E-state index is 12.1. The third-order valence-electron chi connectivity index (χ3n) is 3.82. The third kappa shape index (κ3) is 2.22. The first-order valence-corrected chi connectivity index (χ1v) is 6.97. The van der Waals surface area contributed by atoms with Crippen molar-refractivity contribution in [2.45, 2.75) is 19.3 Å². The second-order valence-electron chi connectivity index (χ2n) is 5.08. The van der Waals surface area contributed by atoms with Crippen molar-refractivity contribution in [3.8, 4) is 11.3 Å². The standard InChI is InChI=1S/C16H14N2O4/c1-22-16(19)13-11-8-5-9-12(11)17-14(15(13)18(20)21)10-6-3-2-4-7-10/h2-4,6-7H,5,8-9H2,1H3. The van der Waals surface area contributed by atoms with E-state index in [2.05, 4.69) is 4.98 Å². The number of benzene rings is 1. The van der Waals surface area contributed by atoms with E-state index in [0.29, 0.717) is 17.5 Å². The molecule has 0 atom stereocenters. The molecule has 0 radical (unpaired) electrons. The minimum atomic E-state index is -0.676. The van der Waals surface area contributed by atoms with Crippen molar-refractivity contribution < 1.29 is 14.5 Å². The maximum Gasteiger partial charge on any atom is 0.345 e. The molecule has 6 nitrogen and oxygen atoms in total. The van der Waals surface area contributed by atoms with Gasteiger partial charge < -0.3 is 4.74 Å². The number of methoxy groups -OCH3 is 1. The van der Waals surface area contributed by atoms with Gasteiger partial charge in [-0.3, -0.25) is 10.1 Å². The molecule has 0 N–H and O–H groups in total. The summed E-state index contributed by atoms with van der Waals surface area (Å²) in [5.74, 6) is -0.676. The van der Waals surface area contributed by atoms with E-state index in [0.717, 1.165) is 18.5 Å². The number of aromatic nitrogens is 1. The summed E-state index contributed by atoms with van der Waals surface area (Å²) in [7, 11) is 1.23. The molecule has 1 aliphatic carbocycles. The number of fused-ring (bicyclic) bond motifs is 1. The van der Waals surface area contributed by atoms with Crippen LogP contribution in [0.3, 0.4) is 0 Å². The van der Waals surface area contributed by atoms with Crippen molar-refractivity contribution >= 4 is 11.7 Å². The average molecular weight is 298 g/mol. The smallest absolute Gasteiger partial charge is 0.345 e. The summed E-state index contributed by atoms with van der Waals surface area (Å²) in [6.07, 6.45) is 2.17. The summed E-state index contributed by atoms with van der Waals surface area (Å²) >= 11 is 0. The second kappa shape index (κ2) is 5.55. The third-order valence-corrected chi connectivity index (χ3v) is 3.82. The fourth-order valence-corrected chi connectivity index (χ4v) is 2.87. The van der Waals surface area contributed by atoms with E-state index in [4.69, 9.17) is 4.74 Å². The van der Waals surface area contributed by atoms with Gasteiger partial charge >= 0.3 is 11.7 Å². The van der Waals surface area contributed by atoms with Crippen LogP contribution in [-0.4, -0.2) is 23.0 Å². The van der Waals surface area contributed by atoms with Crippen LogP contribution < -0.4 is 0 Å². The van der Waals surface area contributed by atoms with Crippen molar-refractivity contribution in [2.24, 2.45) is 0 Å². The Hall–Kier alpha value is -2.76. The number of nitrogens with zero attached hydrogens (tertiary/aromatic N) is 2. The van der Waals surface area contributed by atoms with Gasteiger partial charge in [0, 0.05) is 11.3 Å². The molecule has 0 unspecified atom stereocenters. The van der Waals surface area contributed by atoms with E-state index in [1.165, 1.54) is 7.11 Å². The summed E-state index contributed by atoms with van der Waals surface area (Å²) in [6, 6.07) is 8.89. The molecule has 1 heterocycles. The fraction of sp³-hybridized carbons (Fsp3) is 0.250. The van der Waals surface area contributed by atoms with Gasteiger partial charge in [-0.25, -0.2) is 9.78 Å². The van der Waals surface area contributed by atoms with Gasteiger partial charge in [0.15, 0.2) is 0 Å². The SMILES string of the molecule is COC(=O)c1c2c(nc(-c3ccccc3)c1[N+](=O)[O-])CCC2. The Kier molecular flexibility index (Phi) is 3.58. The molecule has 2 aromatic rings. The van der Waals surface area contributed by atoms with E-state index in [1.807, 2.05) is 6.07 Å². The molecule has 112 valence electrons. The Morgan fingerprint density at radius 3 is 2.64 bits per heavy atom. The van der Waals surface area contributed by atoms with E-state index in [-0.39, 0.29) is 16.9 Å². The number of carbonyl (C=O) groups excluding carboxylic acids is 1. The molecule has 6 heteroatoms. The summed E-state index contributed by atoms with van der Waals surface area (Å²) in [4.78, 5) is 27.7. The molecule has 1 aromatic heterocycles. The first-order valence-electron chi connectivity index (χ1n) is 6.97. The normalized spacial score (nSPS) is 12.8. The van der Waals surface area contributed by atoms with Crippen LogP contribution >= 0.6 is 0 Å². The van der Waals surface area contributed by atoms with Crippen LogP contribution in [0.2, 0.25) is 0 Å². The molecular formula is C16H14N2O4. The second-order valence-corrected chi connectivity index (χ2v) is 5.08. The van der Waals surface area contributed by atoms with Gasteiger partial charge in [0.05, 0.1) is 12.0 Å². The number of rotatable bonds is 3. The number of hydrogen-bond donors (Lipinski definition) is 0. The van der Waals surface area contributed by atoms with Gasteiger partial charge in [-0.15, -0.1) is 0 Å². The lowest BCUT2D eigenvalue weighted by atomic mass is 10.0. The number of ether oxygens (including phenoxy) is 1. The maximum atomic E-state index is 12.1. The topological polar surface area (TPSA) is 82.3 Å². The zero-order valence-electron chi connectivity index (χ0n) is 12.0. The number of pyridine rings is 1. The van der Waals surface area contributed by atoms with Crippen LogP contribution in [0.15, 0.2) is 30.3 Å². The Labute approximate surface area is 126 Å². The van der Waals surface area contributed by atoms with Gasteiger partial charge in [-0.2, -0.15) is 0 Å². The van der Waals surface area contributed by atoms with Crippen LogP contribution in [0, 0.1) is 10.1 Å². The largest absolute Gasteiger partial charge is 0.465 e. The van der Waals surface area contributed by atoms with Gasteiger partial charge in [-0.05, 0) is 24.8 Å². The summed E-state index contributed by atoms with van der Waals surface area (Å²) < 4.78 is 4.77. The molecule has 0 aliphatic heterocycles. The van der Waals surface area contributed by atoms with Crippen molar-refractivity contribution in [2.75, 3.05) is 7.11 Å². The highest BCUT2D eigenvalue weighted by Crippen LogP contribution is 2.38. The lowest BCUT2D eigenvalue weighted by molar-refractivity contribution is -0.384. The van der Waals surface area contributed by atoms with Gasteiger partial charge in [0.1, 0.15) is 11.3 Å². The molecule has 1 aromatic carbocycles. The molecule has 0 bridgehead atoms. The zero-order valence-corrected chi connectivity index (χ0v) is 12.0. The Morgan fingerprint density at radius 2 is 2.00 bits per heavy atom. The van der Waals surface area contributed by atoms with Gasteiger partial charge in [0.2, 0.25) is 0 Å². The molecule has 0 saturated carbocycles. The van der Waals surface area contributed by atoms with Crippen LogP contribution in [0.5, 0.6) is 0 Å². The van der Waals surface area contributed by atoms with Crippen LogP contribution in [0.25, 0.3) is 11.3 Å². The van der Waals surface area contributed by atoms with Gasteiger partial charge in [0.25, 0.3) is 0 Å². The lowest BCUT2D eigenvalue weighted by Crippen LogP contribution is -2.12. The molecular weight excluding hydrogens is 284 g/mol. The van der Waals surface area contributed by atoms with E-state index in [9.17, 15) is 14.9 Å². The first-order chi connectivity index (χ1) is 10.6. The molecule has 0 spiro atoms. The summed E-state index contributed by atoms with van der Waals surface area (Å²) in [5.41, 5.74) is 2.04. The van der Waals surface area contributed by atoms with Crippen LogP contribution in [0.1, 0.15) is 28.0 Å². The minimum absolute atomic E-state index is 0.0499. The minimum Gasteiger partial charge on any atom is -0.465 e. The predicted octanol–water partition coefficient (Wildman–Crippen LogP) is 2.93. The molecule has 0 amide bonds. The Morgan fingerprint density at radius 1 is 1.27 bits per heavy atom. The number of carbonyl (C=O) groups is 1. The highest BCUT2D eigenvalue weighted by molar-refractivity contribution is 5.99. The van der Waals surface area contributed by atoms with Crippen LogP contribution in [-0.2, 0) is 17.6 Å². The Bertz CT molecular complexity index is 756. The number of nitro groups is 1. The molecule has 3 rings (SSSR count). The fourth-order valence-electron chi connectivity index (χ4n) is 2.87. The molecule has 0 saturated heterocycles. The summed E-state index contributed by atoms with van der Waals surface area (Å²) in [5, 5.41) is 11.6. The molecule has 1 aliphatic rings. The summed E-state index contributed by atoms with van der Waals surface area (Å²) in [6.45, 7) is 0. The molecule has 22 heavy (non-hydrogen) atoms. The van der Waals surface area contributed by atoms with E-state index >= 15 is 0 Å². The highest BCUT2D eigenvalue weighted by atomic mass is 16.6. The van der Waals surface area contributed by atoms with Crippen LogP contribution in [0.4, 0.5) is 5.69 Å². The Balaban J connectivity index is 2.36. The van der Waals surface area contributed by atoms with Crippen molar-refractivity contribution in [3.05, 3.63) is 57.3 Å².